The molecule has 32 heavy (non-hydrogen) atoms. The Kier molecular flexibility index (Phi) is 7.19. The average molecular weight is 450 g/mol. The minimum atomic E-state index is -2.31. The molecule has 3 rings (SSSR count). The molecule has 0 unspecified atom stereocenters. The molecule has 0 radical (unpaired) electrons. The molecule has 0 fully saturated rings. The van der Waals surface area contributed by atoms with Gasteiger partial charge in [0.25, 0.3) is 0 Å². The number of carbonyl (C=O) groups is 2. The van der Waals surface area contributed by atoms with Crippen LogP contribution in [0.1, 0.15) is 26.3 Å². The first kappa shape index (κ1) is 22.9. The predicted octanol–water partition coefficient (Wildman–Crippen LogP) is 5.01. The van der Waals surface area contributed by atoms with Crippen molar-refractivity contribution in [3.05, 3.63) is 106 Å². The lowest BCUT2D eigenvalue weighted by Gasteiger charge is -2.19. The average Bonchev–Trinajstić information content (AvgIpc) is 2.83. The van der Waals surface area contributed by atoms with Crippen LogP contribution in [0.15, 0.2) is 60.7 Å². The van der Waals surface area contributed by atoms with Gasteiger partial charge in [-0.25, -0.2) is 31.5 Å². The summed E-state index contributed by atoms with van der Waals surface area (Å²) in [5.74, 6) is -12.5. The molecule has 3 aromatic carbocycles. The summed E-state index contributed by atoms with van der Waals surface area (Å²) >= 11 is 0. The van der Waals surface area contributed by atoms with E-state index in [1.54, 1.807) is 24.3 Å². The highest BCUT2D eigenvalue weighted by Crippen LogP contribution is 2.25. The zero-order valence-electron chi connectivity index (χ0n) is 16.3. The van der Waals surface area contributed by atoms with E-state index < -0.39 is 65.7 Å². The van der Waals surface area contributed by atoms with E-state index in [2.05, 4.69) is 0 Å². The fourth-order valence-electron chi connectivity index (χ4n) is 2.81. The van der Waals surface area contributed by atoms with Crippen molar-refractivity contribution in [2.24, 2.45) is 0 Å². The Labute approximate surface area is 179 Å². The van der Waals surface area contributed by atoms with Crippen LogP contribution in [0, 0.1) is 29.1 Å². The van der Waals surface area contributed by atoms with Gasteiger partial charge in [0.05, 0.1) is 11.1 Å². The summed E-state index contributed by atoms with van der Waals surface area (Å²) in [7, 11) is 0. The summed E-state index contributed by atoms with van der Waals surface area (Å²) in [4.78, 5) is 24.5. The van der Waals surface area contributed by atoms with E-state index in [0.29, 0.717) is 0 Å². The van der Waals surface area contributed by atoms with Gasteiger partial charge in [-0.3, -0.25) is 0 Å². The van der Waals surface area contributed by atoms with E-state index in [9.17, 15) is 31.5 Å². The molecule has 0 aliphatic carbocycles. The van der Waals surface area contributed by atoms with Crippen LogP contribution in [-0.4, -0.2) is 24.6 Å². The lowest BCUT2D eigenvalue weighted by atomic mass is 10.1. The first-order valence-electron chi connectivity index (χ1n) is 9.28. The van der Waals surface area contributed by atoms with Gasteiger partial charge in [0.1, 0.15) is 12.7 Å². The van der Waals surface area contributed by atoms with E-state index in [-0.39, 0.29) is 11.1 Å². The molecule has 166 valence electrons. The highest BCUT2D eigenvalue weighted by Gasteiger charge is 2.29. The van der Waals surface area contributed by atoms with E-state index in [1.165, 1.54) is 36.4 Å². The van der Waals surface area contributed by atoms with E-state index in [0.717, 1.165) is 0 Å². The molecule has 0 saturated heterocycles. The molecule has 0 spiro atoms. The molecular formula is C23H15F5O4. The Hall–Kier alpha value is -3.75. The molecule has 0 saturated carbocycles. The van der Waals surface area contributed by atoms with Gasteiger partial charge in [-0.05, 0) is 24.3 Å². The number of hydrogen-bond donors (Lipinski definition) is 0. The van der Waals surface area contributed by atoms with Crippen molar-refractivity contribution >= 4 is 11.9 Å². The Bertz CT molecular complexity index is 1090. The summed E-state index contributed by atoms with van der Waals surface area (Å²) in [6.45, 7) is -0.689. The highest BCUT2D eigenvalue weighted by atomic mass is 19.2. The molecule has 0 bridgehead atoms. The first-order chi connectivity index (χ1) is 15.3. The second-order valence-corrected chi connectivity index (χ2v) is 6.61. The monoisotopic (exact) mass is 450 g/mol. The molecule has 0 aliphatic heterocycles. The Morgan fingerprint density at radius 3 is 1.59 bits per heavy atom. The van der Waals surface area contributed by atoms with Crippen molar-refractivity contribution in [1.82, 2.24) is 0 Å². The van der Waals surface area contributed by atoms with Crippen molar-refractivity contribution < 1.29 is 41.0 Å². The quantitative estimate of drug-likeness (QED) is 0.220. The number of rotatable bonds is 7. The first-order valence-corrected chi connectivity index (χ1v) is 9.28. The predicted molar refractivity (Wildman–Crippen MR) is 102 cm³/mol. The molecule has 0 heterocycles. The van der Waals surface area contributed by atoms with Gasteiger partial charge in [0.15, 0.2) is 23.3 Å². The molecule has 0 N–H and O–H groups in total. The summed E-state index contributed by atoms with van der Waals surface area (Å²) in [5.41, 5.74) is -0.968. The SMILES string of the molecule is O=C(OC[C@H](Cc1c(F)c(F)c(F)c(F)c1F)OC(=O)c1ccccc1)c1ccccc1. The molecule has 9 heteroatoms. The number of benzene rings is 3. The molecule has 0 amide bonds. The lowest BCUT2D eigenvalue weighted by Crippen LogP contribution is -2.29. The maximum Gasteiger partial charge on any atom is 0.338 e. The molecule has 4 nitrogen and oxygen atoms in total. The van der Waals surface area contributed by atoms with E-state index in [1.807, 2.05) is 0 Å². The fourth-order valence-corrected chi connectivity index (χ4v) is 2.81. The minimum absolute atomic E-state index is 0.0734. The molecule has 0 aliphatic rings. The molecular weight excluding hydrogens is 435 g/mol. The highest BCUT2D eigenvalue weighted by molar-refractivity contribution is 5.90. The lowest BCUT2D eigenvalue weighted by molar-refractivity contribution is -0.000857. The zero-order chi connectivity index (χ0) is 23.3. The number of ether oxygens (including phenoxy) is 2. The third-order valence-corrected chi connectivity index (χ3v) is 4.43. The van der Waals surface area contributed by atoms with Gasteiger partial charge in [-0.2, -0.15) is 0 Å². The summed E-state index contributed by atoms with van der Waals surface area (Å²) in [6, 6.07) is 15.2. The van der Waals surface area contributed by atoms with Crippen molar-refractivity contribution in [1.29, 1.82) is 0 Å². The van der Waals surface area contributed by atoms with Crippen LogP contribution in [0.3, 0.4) is 0 Å². The molecule has 1 atom stereocenters. The fraction of sp³-hybridized carbons (Fsp3) is 0.130. The van der Waals surface area contributed by atoms with Gasteiger partial charge < -0.3 is 9.47 Å². The van der Waals surface area contributed by atoms with Crippen LogP contribution in [0.4, 0.5) is 22.0 Å². The van der Waals surface area contributed by atoms with Crippen molar-refractivity contribution in [3.63, 3.8) is 0 Å². The second-order valence-electron chi connectivity index (χ2n) is 6.61. The van der Waals surface area contributed by atoms with Crippen LogP contribution in [-0.2, 0) is 15.9 Å². The minimum Gasteiger partial charge on any atom is -0.458 e. The van der Waals surface area contributed by atoms with E-state index >= 15 is 0 Å². The van der Waals surface area contributed by atoms with Crippen LogP contribution >= 0.6 is 0 Å². The summed E-state index contributed by atoms with van der Waals surface area (Å²) in [5, 5.41) is 0. The molecule has 3 aromatic rings. The maximum absolute atomic E-state index is 14.1. The summed E-state index contributed by atoms with van der Waals surface area (Å²) < 4.78 is 78.9. The third kappa shape index (κ3) is 5.11. The Morgan fingerprint density at radius 1 is 0.656 bits per heavy atom. The van der Waals surface area contributed by atoms with Gasteiger partial charge in [-0.15, -0.1) is 0 Å². The number of carbonyl (C=O) groups excluding carboxylic acids is 2. The smallest absolute Gasteiger partial charge is 0.338 e. The number of esters is 2. The normalized spacial score (nSPS) is 11.7. The zero-order valence-corrected chi connectivity index (χ0v) is 16.3. The molecule has 0 aromatic heterocycles. The Morgan fingerprint density at radius 2 is 1.09 bits per heavy atom. The van der Waals surface area contributed by atoms with Crippen molar-refractivity contribution in [2.75, 3.05) is 6.61 Å². The second kappa shape index (κ2) is 10.0. The standard InChI is InChI=1S/C23H15F5O4/c24-17-16(18(25)20(27)21(28)19(17)26)11-15(32-23(30)14-9-5-2-6-10-14)12-31-22(29)13-7-3-1-4-8-13/h1-10,15H,11-12H2/t15-/m0/s1. The maximum atomic E-state index is 14.1. The van der Waals surface area contributed by atoms with E-state index in [4.69, 9.17) is 9.47 Å². The Balaban J connectivity index is 1.85. The van der Waals surface area contributed by atoms with Gasteiger partial charge in [-0.1, -0.05) is 36.4 Å². The van der Waals surface area contributed by atoms with Crippen LogP contribution in [0.2, 0.25) is 0 Å². The third-order valence-electron chi connectivity index (χ3n) is 4.43. The van der Waals surface area contributed by atoms with Gasteiger partial charge in [0.2, 0.25) is 5.82 Å². The van der Waals surface area contributed by atoms with Crippen molar-refractivity contribution in [2.45, 2.75) is 12.5 Å². The van der Waals surface area contributed by atoms with Crippen LogP contribution < -0.4 is 0 Å². The summed E-state index contributed by atoms with van der Waals surface area (Å²) in [6.07, 6.45) is -2.46. The largest absolute Gasteiger partial charge is 0.458 e. The van der Waals surface area contributed by atoms with Crippen LogP contribution in [0.5, 0.6) is 0 Å². The van der Waals surface area contributed by atoms with Crippen LogP contribution in [0.25, 0.3) is 0 Å². The topological polar surface area (TPSA) is 52.6 Å². The van der Waals surface area contributed by atoms with Crippen molar-refractivity contribution in [3.8, 4) is 0 Å². The number of halogens is 5. The number of hydrogen-bond acceptors (Lipinski definition) is 4. The van der Waals surface area contributed by atoms with Gasteiger partial charge in [0, 0.05) is 12.0 Å². The van der Waals surface area contributed by atoms with Gasteiger partial charge >= 0.3 is 11.9 Å².